The molecule has 0 N–H and O–H groups in total. The molecule has 1 aliphatic rings. The van der Waals surface area contributed by atoms with Crippen LogP contribution in [0.1, 0.15) is 12.8 Å². The molecule has 0 atom stereocenters. The predicted octanol–water partition coefficient (Wildman–Crippen LogP) is 8.69. The average Bonchev–Trinajstić information content (AvgIpc) is 3.53. The summed E-state index contributed by atoms with van der Waals surface area (Å²) in [4.78, 5) is 0. The molecule has 2 heterocycles. The number of rotatable bonds is 3. The van der Waals surface area contributed by atoms with Crippen molar-refractivity contribution in [2.24, 2.45) is 0 Å². The van der Waals surface area contributed by atoms with E-state index in [2.05, 4.69) is 132 Å². The number of nitrogens with zero attached hydrogens (tertiary/aromatic N) is 1. The van der Waals surface area contributed by atoms with E-state index in [1.54, 1.807) is 0 Å². The van der Waals surface area contributed by atoms with Crippen LogP contribution in [0.4, 0.5) is 0 Å². The van der Waals surface area contributed by atoms with Gasteiger partial charge in [-0.2, -0.15) is 0 Å². The highest BCUT2D eigenvalue weighted by atomic mass is 32.1. The summed E-state index contributed by atoms with van der Waals surface area (Å²) >= 11 is 1.94. The lowest BCUT2D eigenvalue weighted by molar-refractivity contribution is 1.13. The molecule has 7 aromatic rings. The van der Waals surface area contributed by atoms with Gasteiger partial charge < -0.3 is 4.57 Å². The molecule has 1 nitrogen and oxygen atoms in total. The molecule has 0 spiro atoms. The summed E-state index contributed by atoms with van der Waals surface area (Å²) in [5.74, 6) is 0. The Balaban J connectivity index is 1.28. The summed E-state index contributed by atoms with van der Waals surface area (Å²) in [6.07, 6.45) is 7.10. The molecule has 0 radical (unpaired) electrons. The molecule has 0 bridgehead atoms. The predicted molar refractivity (Wildman–Crippen MR) is 164 cm³/mol. The van der Waals surface area contributed by atoms with Gasteiger partial charge in [0, 0.05) is 31.1 Å². The zero-order chi connectivity index (χ0) is 25.1. The maximum Gasteiger partial charge on any atom is 0.0541 e. The van der Waals surface area contributed by atoms with Crippen molar-refractivity contribution in [3.05, 3.63) is 125 Å². The molecule has 0 saturated heterocycles. The van der Waals surface area contributed by atoms with Crippen molar-refractivity contribution in [3.8, 4) is 27.9 Å². The molecular formula is C36H25NS. The number of para-hydroxylation sites is 2. The maximum absolute atomic E-state index is 2.41. The van der Waals surface area contributed by atoms with Gasteiger partial charge in [0.1, 0.15) is 0 Å². The molecule has 1 aliphatic carbocycles. The second-order valence-electron chi connectivity index (χ2n) is 10.0. The van der Waals surface area contributed by atoms with E-state index in [4.69, 9.17) is 0 Å². The number of hydrogen-bond acceptors (Lipinski definition) is 1. The Morgan fingerprint density at radius 3 is 1.97 bits per heavy atom. The van der Waals surface area contributed by atoms with Crippen molar-refractivity contribution in [1.82, 2.24) is 4.57 Å². The summed E-state index contributed by atoms with van der Waals surface area (Å²) in [7, 11) is 0. The van der Waals surface area contributed by atoms with Gasteiger partial charge in [-0.15, -0.1) is 11.3 Å². The van der Waals surface area contributed by atoms with Crippen LogP contribution in [-0.2, 0) is 0 Å². The Morgan fingerprint density at radius 2 is 1.16 bits per heavy atom. The first-order chi connectivity index (χ1) is 18.8. The standard InChI is InChI=1S/C36H25NS/c1-4-19-33-29(14-1)30-15-2-5-20-34(30)37(33)27-13-8-11-25(23-27)24-10-7-12-26(22-24)28-17-9-18-32-31-16-3-6-21-35(31)38-36(28)32/h1-2,4-5,7-23H,3,6H2. The van der Waals surface area contributed by atoms with E-state index < -0.39 is 0 Å². The van der Waals surface area contributed by atoms with Gasteiger partial charge in [-0.05, 0) is 70.6 Å². The smallest absolute Gasteiger partial charge is 0.0541 e. The van der Waals surface area contributed by atoms with E-state index >= 15 is 0 Å². The Hall–Kier alpha value is -4.40. The molecule has 0 aliphatic heterocycles. The molecule has 38 heavy (non-hydrogen) atoms. The third kappa shape index (κ3) is 3.31. The Labute approximate surface area is 225 Å². The summed E-state index contributed by atoms with van der Waals surface area (Å²) in [6, 6.07) is 42.1. The second kappa shape index (κ2) is 8.58. The van der Waals surface area contributed by atoms with E-state index in [0.717, 1.165) is 12.8 Å². The summed E-state index contributed by atoms with van der Waals surface area (Å²) in [5.41, 5.74) is 8.72. The van der Waals surface area contributed by atoms with E-state index in [9.17, 15) is 0 Å². The zero-order valence-electron chi connectivity index (χ0n) is 20.9. The molecule has 0 fully saturated rings. The van der Waals surface area contributed by atoms with Gasteiger partial charge in [-0.3, -0.25) is 0 Å². The minimum Gasteiger partial charge on any atom is -0.309 e. The maximum atomic E-state index is 2.41. The van der Waals surface area contributed by atoms with Crippen LogP contribution in [0.5, 0.6) is 0 Å². The fraction of sp³-hybridized carbons (Fsp3) is 0.0556. The quantitative estimate of drug-likeness (QED) is 0.227. The molecule has 0 saturated carbocycles. The van der Waals surface area contributed by atoms with E-state index in [0.29, 0.717) is 0 Å². The third-order valence-corrected chi connectivity index (χ3v) is 9.07. The van der Waals surface area contributed by atoms with Crippen LogP contribution in [-0.4, -0.2) is 4.57 Å². The highest BCUT2D eigenvalue weighted by Crippen LogP contribution is 2.35. The SMILES string of the molecule is C1=c2sc3c(-c4cccc(-c5cccc(-n6c7ccccc7c7ccccc76)c5)c4)cccc3c2=CCC1. The second-order valence-corrected chi connectivity index (χ2v) is 11.1. The van der Waals surface area contributed by atoms with Crippen LogP contribution in [0.2, 0.25) is 0 Å². The number of fused-ring (bicyclic) bond motifs is 6. The third-order valence-electron chi connectivity index (χ3n) is 7.82. The minimum absolute atomic E-state index is 1.14. The number of benzene rings is 5. The van der Waals surface area contributed by atoms with Crippen LogP contribution in [0.3, 0.4) is 0 Å². The highest BCUT2D eigenvalue weighted by Gasteiger charge is 2.13. The Kier molecular flexibility index (Phi) is 4.89. The first kappa shape index (κ1) is 21.7. The van der Waals surface area contributed by atoms with Crippen LogP contribution in [0.25, 0.3) is 72.0 Å². The monoisotopic (exact) mass is 503 g/mol. The van der Waals surface area contributed by atoms with Crippen molar-refractivity contribution >= 4 is 55.4 Å². The summed E-state index contributed by atoms with van der Waals surface area (Å²) in [5, 5.41) is 5.39. The van der Waals surface area contributed by atoms with Crippen LogP contribution < -0.4 is 9.75 Å². The first-order valence-corrected chi connectivity index (χ1v) is 14.1. The van der Waals surface area contributed by atoms with Gasteiger partial charge in [0.2, 0.25) is 0 Å². The lowest BCUT2D eigenvalue weighted by atomic mass is 9.97. The van der Waals surface area contributed by atoms with Crippen molar-refractivity contribution in [2.45, 2.75) is 12.8 Å². The molecule has 8 rings (SSSR count). The molecule has 5 aromatic carbocycles. The van der Waals surface area contributed by atoms with Crippen molar-refractivity contribution in [3.63, 3.8) is 0 Å². The molecule has 0 amide bonds. The number of thiophene rings is 1. The fourth-order valence-corrected chi connectivity index (χ4v) is 7.39. The normalized spacial score (nSPS) is 12.9. The lowest BCUT2D eigenvalue weighted by Gasteiger charge is -2.11. The van der Waals surface area contributed by atoms with Gasteiger partial charge in [-0.25, -0.2) is 0 Å². The van der Waals surface area contributed by atoms with E-state index in [1.807, 2.05) is 11.3 Å². The summed E-state index contributed by atoms with van der Waals surface area (Å²) in [6.45, 7) is 0. The van der Waals surface area contributed by atoms with Crippen LogP contribution in [0.15, 0.2) is 115 Å². The highest BCUT2D eigenvalue weighted by molar-refractivity contribution is 7.17. The Morgan fingerprint density at radius 1 is 0.526 bits per heavy atom. The molecule has 2 heteroatoms. The lowest BCUT2D eigenvalue weighted by Crippen LogP contribution is -2.20. The topological polar surface area (TPSA) is 4.93 Å². The average molecular weight is 504 g/mol. The largest absolute Gasteiger partial charge is 0.309 e. The van der Waals surface area contributed by atoms with Gasteiger partial charge >= 0.3 is 0 Å². The van der Waals surface area contributed by atoms with Crippen molar-refractivity contribution in [1.29, 1.82) is 0 Å². The van der Waals surface area contributed by atoms with Crippen molar-refractivity contribution < 1.29 is 0 Å². The Bertz CT molecular complexity index is 2090. The zero-order valence-corrected chi connectivity index (χ0v) is 21.7. The summed E-state index contributed by atoms with van der Waals surface area (Å²) < 4.78 is 5.21. The van der Waals surface area contributed by atoms with Crippen molar-refractivity contribution in [2.75, 3.05) is 0 Å². The van der Waals surface area contributed by atoms with E-state index in [1.165, 1.54) is 69.6 Å². The van der Waals surface area contributed by atoms with E-state index in [-0.39, 0.29) is 0 Å². The molecular weight excluding hydrogens is 478 g/mol. The number of hydrogen-bond donors (Lipinski definition) is 0. The fourth-order valence-electron chi connectivity index (χ4n) is 6.08. The molecule has 0 unspecified atom stereocenters. The molecule has 2 aromatic heterocycles. The van der Waals surface area contributed by atoms with Gasteiger partial charge in [0.05, 0.1) is 11.0 Å². The van der Waals surface area contributed by atoms with Gasteiger partial charge in [0.15, 0.2) is 0 Å². The number of aromatic nitrogens is 1. The molecule has 180 valence electrons. The van der Waals surface area contributed by atoms with Crippen LogP contribution in [0, 0.1) is 0 Å². The van der Waals surface area contributed by atoms with Crippen LogP contribution >= 0.6 is 11.3 Å². The minimum atomic E-state index is 1.14. The first-order valence-electron chi connectivity index (χ1n) is 13.3. The van der Waals surface area contributed by atoms with Gasteiger partial charge in [0.25, 0.3) is 0 Å². The van der Waals surface area contributed by atoms with Gasteiger partial charge in [-0.1, -0.05) is 97.1 Å².